The van der Waals surface area contributed by atoms with E-state index in [1.54, 1.807) is 6.92 Å². The largest absolute Gasteiger partial charge is 0.462 e. The maximum Gasteiger partial charge on any atom is 0.325 e. The van der Waals surface area contributed by atoms with Crippen LogP contribution in [-0.2, 0) is 19.1 Å². The maximum absolute atomic E-state index is 11.0. The number of carbonyl (C=O) groups excluding carboxylic acids is 2. The number of rotatable bonds is 5. The molecule has 0 aromatic heterocycles. The lowest BCUT2D eigenvalue weighted by atomic mass is 10.3. The fourth-order valence-corrected chi connectivity index (χ4v) is 0.705. The molecule has 78 valence electrons. The van der Waals surface area contributed by atoms with E-state index in [-0.39, 0.29) is 25.2 Å². The summed E-state index contributed by atoms with van der Waals surface area (Å²) in [4.78, 5) is 21.9. The highest BCUT2D eigenvalue weighted by Gasteiger charge is 2.24. The Hall–Kier alpha value is -1.36. The molecule has 1 unspecified atom stereocenters. The summed E-state index contributed by atoms with van der Waals surface area (Å²) in [6.45, 7) is 5.78. The monoisotopic (exact) mass is 199 g/mol. The number of epoxide rings is 1. The third-order valence-electron chi connectivity index (χ3n) is 1.61. The van der Waals surface area contributed by atoms with Crippen molar-refractivity contribution in [2.75, 3.05) is 19.8 Å². The van der Waals surface area contributed by atoms with E-state index in [1.165, 1.54) is 0 Å². The van der Waals surface area contributed by atoms with Gasteiger partial charge >= 0.3 is 5.97 Å². The van der Waals surface area contributed by atoms with Crippen LogP contribution in [0.1, 0.15) is 6.92 Å². The summed E-state index contributed by atoms with van der Waals surface area (Å²) < 4.78 is 9.63. The standard InChI is InChI=1S/C9H13NO4/c1-6(2)9(12)10-3-8(11)14-5-7-4-13-7/h7H,1,3-5H2,2H3,(H,10,12). The van der Waals surface area contributed by atoms with Crippen LogP contribution < -0.4 is 5.32 Å². The molecule has 0 aromatic rings. The van der Waals surface area contributed by atoms with Gasteiger partial charge in [-0.05, 0) is 6.92 Å². The molecule has 14 heavy (non-hydrogen) atoms. The fraction of sp³-hybridized carbons (Fsp3) is 0.556. The Labute approximate surface area is 82.1 Å². The molecular weight excluding hydrogens is 186 g/mol. The first-order valence-corrected chi connectivity index (χ1v) is 4.30. The molecule has 1 heterocycles. The molecule has 1 fully saturated rings. The Morgan fingerprint density at radius 2 is 2.29 bits per heavy atom. The van der Waals surface area contributed by atoms with Crippen LogP contribution in [-0.4, -0.2) is 37.7 Å². The molecule has 1 amide bonds. The van der Waals surface area contributed by atoms with Gasteiger partial charge in [-0.3, -0.25) is 9.59 Å². The van der Waals surface area contributed by atoms with Crippen LogP contribution in [0.2, 0.25) is 0 Å². The summed E-state index contributed by atoms with van der Waals surface area (Å²) in [5.74, 6) is -0.806. The lowest BCUT2D eigenvalue weighted by molar-refractivity contribution is -0.144. The molecule has 5 nitrogen and oxygen atoms in total. The van der Waals surface area contributed by atoms with Crippen molar-refractivity contribution in [2.24, 2.45) is 0 Å². The van der Waals surface area contributed by atoms with Crippen LogP contribution in [0.3, 0.4) is 0 Å². The second kappa shape index (κ2) is 4.76. The number of ether oxygens (including phenoxy) is 2. The number of amides is 1. The molecule has 1 saturated heterocycles. The SMILES string of the molecule is C=C(C)C(=O)NCC(=O)OCC1CO1. The minimum absolute atomic E-state index is 0.0517. The van der Waals surface area contributed by atoms with Crippen LogP contribution in [0.25, 0.3) is 0 Å². The Kier molecular flexibility index (Phi) is 3.64. The molecule has 0 saturated carbocycles. The van der Waals surface area contributed by atoms with Gasteiger partial charge in [0.1, 0.15) is 19.3 Å². The highest BCUT2D eigenvalue weighted by Crippen LogP contribution is 2.08. The number of esters is 1. The van der Waals surface area contributed by atoms with E-state index in [0.717, 1.165) is 0 Å². The van der Waals surface area contributed by atoms with Crippen LogP contribution in [0, 0.1) is 0 Å². The van der Waals surface area contributed by atoms with Crippen molar-refractivity contribution in [3.05, 3.63) is 12.2 Å². The van der Waals surface area contributed by atoms with Crippen LogP contribution in [0.5, 0.6) is 0 Å². The zero-order chi connectivity index (χ0) is 10.6. The molecule has 0 spiro atoms. The van der Waals surface area contributed by atoms with E-state index < -0.39 is 5.97 Å². The summed E-state index contributed by atoms with van der Waals surface area (Å²) in [5, 5.41) is 2.37. The molecule has 0 bridgehead atoms. The van der Waals surface area contributed by atoms with Gasteiger partial charge in [0.15, 0.2) is 0 Å². The molecule has 5 heteroatoms. The van der Waals surface area contributed by atoms with Gasteiger partial charge in [-0.2, -0.15) is 0 Å². The molecule has 0 radical (unpaired) electrons. The predicted octanol–water partition coefficient (Wildman–Crippen LogP) is -0.379. The quantitative estimate of drug-likeness (QED) is 0.372. The van der Waals surface area contributed by atoms with Gasteiger partial charge in [-0.25, -0.2) is 0 Å². The number of carbonyl (C=O) groups is 2. The van der Waals surface area contributed by atoms with Gasteiger partial charge in [-0.1, -0.05) is 6.58 Å². The van der Waals surface area contributed by atoms with Crippen molar-refractivity contribution in [1.82, 2.24) is 5.32 Å². The van der Waals surface area contributed by atoms with E-state index >= 15 is 0 Å². The molecule has 1 atom stereocenters. The fourth-order valence-electron chi connectivity index (χ4n) is 0.705. The predicted molar refractivity (Wildman–Crippen MR) is 48.5 cm³/mol. The van der Waals surface area contributed by atoms with Gasteiger partial charge in [-0.15, -0.1) is 0 Å². The molecule has 1 rings (SSSR count). The van der Waals surface area contributed by atoms with Crippen LogP contribution >= 0.6 is 0 Å². The zero-order valence-electron chi connectivity index (χ0n) is 8.04. The van der Waals surface area contributed by atoms with Crippen molar-refractivity contribution >= 4 is 11.9 Å². The van der Waals surface area contributed by atoms with Gasteiger partial charge in [0.2, 0.25) is 5.91 Å². The van der Waals surface area contributed by atoms with E-state index in [1.807, 2.05) is 0 Å². The Bertz CT molecular complexity index is 258. The Balaban J connectivity index is 2.07. The van der Waals surface area contributed by atoms with E-state index in [0.29, 0.717) is 12.2 Å². The van der Waals surface area contributed by atoms with Crippen molar-refractivity contribution in [3.8, 4) is 0 Å². The zero-order valence-corrected chi connectivity index (χ0v) is 8.04. The molecule has 1 aliphatic rings. The first-order valence-electron chi connectivity index (χ1n) is 4.30. The number of nitrogens with one attached hydrogen (secondary N) is 1. The van der Waals surface area contributed by atoms with Crippen molar-refractivity contribution < 1.29 is 19.1 Å². The smallest absolute Gasteiger partial charge is 0.325 e. The first-order chi connectivity index (χ1) is 6.59. The molecule has 1 aliphatic heterocycles. The lowest BCUT2D eigenvalue weighted by Gasteiger charge is -2.04. The third kappa shape index (κ3) is 4.04. The highest BCUT2D eigenvalue weighted by atomic mass is 16.6. The summed E-state index contributed by atoms with van der Waals surface area (Å²) in [7, 11) is 0. The van der Waals surface area contributed by atoms with Gasteiger partial charge in [0.25, 0.3) is 0 Å². The van der Waals surface area contributed by atoms with E-state index in [2.05, 4.69) is 11.9 Å². The Morgan fingerprint density at radius 1 is 1.64 bits per heavy atom. The molecule has 0 aliphatic carbocycles. The normalized spacial score (nSPS) is 18.5. The van der Waals surface area contributed by atoms with E-state index in [9.17, 15) is 9.59 Å². The summed E-state index contributed by atoms with van der Waals surface area (Å²) >= 11 is 0. The topological polar surface area (TPSA) is 67.9 Å². The van der Waals surface area contributed by atoms with E-state index in [4.69, 9.17) is 9.47 Å². The molecular formula is C9H13NO4. The minimum Gasteiger partial charge on any atom is -0.462 e. The minimum atomic E-state index is -0.463. The third-order valence-corrected chi connectivity index (χ3v) is 1.61. The van der Waals surface area contributed by atoms with Crippen LogP contribution in [0.15, 0.2) is 12.2 Å². The van der Waals surface area contributed by atoms with Crippen molar-refractivity contribution in [3.63, 3.8) is 0 Å². The summed E-state index contributed by atoms with van der Waals surface area (Å²) in [5.41, 5.74) is 0.364. The van der Waals surface area contributed by atoms with Crippen LogP contribution in [0.4, 0.5) is 0 Å². The second-order valence-corrected chi connectivity index (χ2v) is 3.10. The molecule has 0 aromatic carbocycles. The first kappa shape index (κ1) is 10.7. The van der Waals surface area contributed by atoms with Gasteiger partial charge in [0, 0.05) is 5.57 Å². The maximum atomic E-state index is 11.0. The number of hydrogen-bond donors (Lipinski definition) is 1. The second-order valence-electron chi connectivity index (χ2n) is 3.10. The highest BCUT2D eigenvalue weighted by molar-refractivity contribution is 5.94. The summed E-state index contributed by atoms with van der Waals surface area (Å²) in [6, 6.07) is 0. The van der Waals surface area contributed by atoms with Gasteiger partial charge in [0.05, 0.1) is 6.61 Å². The average molecular weight is 199 g/mol. The summed E-state index contributed by atoms with van der Waals surface area (Å²) in [6.07, 6.45) is 0.0517. The van der Waals surface area contributed by atoms with Crippen molar-refractivity contribution in [2.45, 2.75) is 13.0 Å². The number of hydrogen-bond acceptors (Lipinski definition) is 4. The Morgan fingerprint density at radius 3 is 2.79 bits per heavy atom. The van der Waals surface area contributed by atoms with Crippen molar-refractivity contribution in [1.29, 1.82) is 0 Å². The molecule has 1 N–H and O–H groups in total. The lowest BCUT2D eigenvalue weighted by Crippen LogP contribution is -2.31. The van der Waals surface area contributed by atoms with Gasteiger partial charge < -0.3 is 14.8 Å². The average Bonchev–Trinajstić information content (AvgIpc) is 2.94.